The van der Waals surface area contributed by atoms with E-state index in [1.807, 2.05) is 6.92 Å². The number of aromatic nitrogens is 1. The molecule has 1 N–H and O–H groups in total. The van der Waals surface area contributed by atoms with Gasteiger partial charge in [-0.1, -0.05) is 44.0 Å². The fourth-order valence-corrected chi connectivity index (χ4v) is 1.55. The lowest BCUT2D eigenvalue weighted by Gasteiger charge is -2.28. The molecule has 0 aliphatic heterocycles. The highest BCUT2D eigenvalue weighted by molar-refractivity contribution is 6.33. The molecule has 0 saturated heterocycles. The minimum atomic E-state index is -0.196. The van der Waals surface area contributed by atoms with Crippen LogP contribution in [0.5, 0.6) is 0 Å². The van der Waals surface area contributed by atoms with Crippen LogP contribution in [0.1, 0.15) is 38.1 Å². The van der Waals surface area contributed by atoms with Crippen LogP contribution in [0.25, 0.3) is 0 Å². The molecule has 0 radical (unpaired) electrons. The summed E-state index contributed by atoms with van der Waals surface area (Å²) in [6, 6.07) is 3.04. The van der Waals surface area contributed by atoms with Gasteiger partial charge in [-0.2, -0.15) is 0 Å². The Morgan fingerprint density at radius 1 is 1.29 bits per heavy atom. The topological polar surface area (TPSA) is 42.0 Å². The smallest absolute Gasteiger partial charge is 0.251 e. The molecule has 1 amide bonds. The molecule has 1 unspecified atom stereocenters. The van der Waals surface area contributed by atoms with E-state index in [1.54, 1.807) is 0 Å². The van der Waals surface area contributed by atoms with E-state index in [2.05, 4.69) is 31.1 Å². The SMILES string of the molecule is CC(NC(=O)c1cc(Cl)nc(Cl)c1)C(C)(C)C. The summed E-state index contributed by atoms with van der Waals surface area (Å²) in [6.07, 6.45) is 0. The Balaban J connectivity index is 2.84. The highest BCUT2D eigenvalue weighted by Crippen LogP contribution is 2.20. The van der Waals surface area contributed by atoms with Gasteiger partial charge in [0.05, 0.1) is 0 Å². The van der Waals surface area contributed by atoms with Gasteiger partial charge in [0.1, 0.15) is 10.3 Å². The second-order valence-corrected chi connectivity index (χ2v) is 5.84. The average Bonchev–Trinajstić information content (AvgIpc) is 2.14. The van der Waals surface area contributed by atoms with Gasteiger partial charge in [-0.05, 0) is 24.5 Å². The van der Waals surface area contributed by atoms with Crippen LogP contribution >= 0.6 is 23.2 Å². The Bertz CT molecular complexity index is 407. The second kappa shape index (κ2) is 5.23. The average molecular weight is 275 g/mol. The van der Waals surface area contributed by atoms with Gasteiger partial charge in [-0.25, -0.2) is 4.98 Å². The van der Waals surface area contributed by atoms with E-state index in [4.69, 9.17) is 23.2 Å². The van der Waals surface area contributed by atoms with E-state index in [-0.39, 0.29) is 27.7 Å². The predicted octanol–water partition coefficient (Wildman–Crippen LogP) is 3.55. The van der Waals surface area contributed by atoms with E-state index in [9.17, 15) is 4.79 Å². The maximum Gasteiger partial charge on any atom is 0.251 e. The Hall–Kier alpha value is -0.800. The molecule has 5 heteroatoms. The fraction of sp³-hybridized carbons (Fsp3) is 0.500. The van der Waals surface area contributed by atoms with Crippen molar-refractivity contribution >= 4 is 29.1 Å². The van der Waals surface area contributed by atoms with Gasteiger partial charge >= 0.3 is 0 Å². The van der Waals surface area contributed by atoms with Crippen molar-refractivity contribution in [3.05, 3.63) is 28.0 Å². The number of rotatable bonds is 2. The number of hydrogen-bond donors (Lipinski definition) is 1. The molecule has 17 heavy (non-hydrogen) atoms. The third-order valence-electron chi connectivity index (χ3n) is 2.67. The van der Waals surface area contributed by atoms with Gasteiger partial charge in [0.25, 0.3) is 5.91 Å². The van der Waals surface area contributed by atoms with Crippen LogP contribution in [-0.4, -0.2) is 16.9 Å². The van der Waals surface area contributed by atoms with Gasteiger partial charge < -0.3 is 5.32 Å². The molecule has 1 aromatic rings. The lowest BCUT2D eigenvalue weighted by Crippen LogP contribution is -2.41. The standard InChI is InChI=1S/C12H16Cl2N2O/c1-7(12(2,3)4)15-11(17)8-5-9(13)16-10(14)6-8/h5-7H,1-4H3,(H,15,17). The maximum atomic E-state index is 12.0. The van der Waals surface area contributed by atoms with Crippen molar-refractivity contribution < 1.29 is 4.79 Å². The molecule has 0 spiro atoms. The second-order valence-electron chi connectivity index (χ2n) is 5.06. The first-order chi connectivity index (χ1) is 7.70. The summed E-state index contributed by atoms with van der Waals surface area (Å²) >= 11 is 11.5. The van der Waals surface area contributed by atoms with Gasteiger partial charge in [-0.3, -0.25) is 4.79 Å². The zero-order valence-corrected chi connectivity index (χ0v) is 11.9. The molecule has 1 aromatic heterocycles. The molecule has 0 saturated carbocycles. The third kappa shape index (κ3) is 4.17. The van der Waals surface area contributed by atoms with Crippen molar-refractivity contribution in [2.75, 3.05) is 0 Å². The zero-order valence-electron chi connectivity index (χ0n) is 10.3. The molecule has 1 heterocycles. The van der Waals surface area contributed by atoms with Crippen LogP contribution < -0.4 is 5.32 Å². The van der Waals surface area contributed by atoms with Crippen LogP contribution in [0, 0.1) is 5.41 Å². The number of pyridine rings is 1. The normalized spacial score (nSPS) is 13.3. The van der Waals surface area contributed by atoms with E-state index in [1.165, 1.54) is 12.1 Å². The number of nitrogens with one attached hydrogen (secondary N) is 1. The lowest BCUT2D eigenvalue weighted by atomic mass is 9.88. The molecule has 3 nitrogen and oxygen atoms in total. The van der Waals surface area contributed by atoms with Crippen molar-refractivity contribution in [2.24, 2.45) is 5.41 Å². The van der Waals surface area contributed by atoms with Crippen molar-refractivity contribution in [1.29, 1.82) is 0 Å². The first kappa shape index (κ1) is 14.3. The number of nitrogens with zero attached hydrogens (tertiary/aromatic N) is 1. The summed E-state index contributed by atoms with van der Waals surface area (Å²) in [5, 5.41) is 3.33. The summed E-state index contributed by atoms with van der Waals surface area (Å²) in [4.78, 5) is 15.7. The van der Waals surface area contributed by atoms with Crippen molar-refractivity contribution in [1.82, 2.24) is 10.3 Å². The Morgan fingerprint density at radius 2 is 1.76 bits per heavy atom. The molecule has 0 aromatic carbocycles. The number of carbonyl (C=O) groups excluding carboxylic acids is 1. The van der Waals surface area contributed by atoms with Crippen LogP contribution in [0.4, 0.5) is 0 Å². The van der Waals surface area contributed by atoms with E-state index < -0.39 is 0 Å². The predicted molar refractivity (Wildman–Crippen MR) is 70.6 cm³/mol. The van der Waals surface area contributed by atoms with Crippen molar-refractivity contribution in [3.63, 3.8) is 0 Å². The highest BCUT2D eigenvalue weighted by Gasteiger charge is 2.22. The fourth-order valence-electron chi connectivity index (χ4n) is 1.09. The monoisotopic (exact) mass is 274 g/mol. The molecule has 0 aliphatic rings. The summed E-state index contributed by atoms with van der Waals surface area (Å²) in [5.41, 5.74) is 0.419. The largest absolute Gasteiger partial charge is 0.349 e. The van der Waals surface area contributed by atoms with Crippen LogP contribution in [-0.2, 0) is 0 Å². The molecule has 94 valence electrons. The minimum Gasteiger partial charge on any atom is -0.349 e. The van der Waals surface area contributed by atoms with E-state index >= 15 is 0 Å². The Labute approximate surface area is 112 Å². The Morgan fingerprint density at radius 3 is 2.18 bits per heavy atom. The molecule has 1 atom stereocenters. The summed E-state index contributed by atoms with van der Waals surface area (Å²) in [7, 11) is 0. The Kier molecular flexibility index (Phi) is 4.39. The van der Waals surface area contributed by atoms with E-state index in [0.29, 0.717) is 5.56 Å². The van der Waals surface area contributed by atoms with Gasteiger partial charge in [0, 0.05) is 11.6 Å². The van der Waals surface area contributed by atoms with Gasteiger partial charge in [-0.15, -0.1) is 0 Å². The third-order valence-corrected chi connectivity index (χ3v) is 3.06. The molecule has 0 fully saturated rings. The van der Waals surface area contributed by atoms with Gasteiger partial charge in [0.2, 0.25) is 0 Å². The number of hydrogen-bond acceptors (Lipinski definition) is 2. The van der Waals surface area contributed by atoms with Crippen LogP contribution in [0.2, 0.25) is 10.3 Å². The summed E-state index contributed by atoms with van der Waals surface area (Å²) < 4.78 is 0. The maximum absolute atomic E-state index is 12.0. The molecule has 1 rings (SSSR count). The molecular weight excluding hydrogens is 259 g/mol. The first-order valence-electron chi connectivity index (χ1n) is 5.34. The molecule has 0 bridgehead atoms. The van der Waals surface area contributed by atoms with Crippen LogP contribution in [0.15, 0.2) is 12.1 Å². The first-order valence-corrected chi connectivity index (χ1v) is 6.09. The number of amides is 1. The number of carbonyl (C=O) groups is 1. The van der Waals surface area contributed by atoms with Crippen LogP contribution in [0.3, 0.4) is 0 Å². The highest BCUT2D eigenvalue weighted by atomic mass is 35.5. The zero-order chi connectivity index (χ0) is 13.2. The molecule has 0 aliphatic carbocycles. The quantitative estimate of drug-likeness (QED) is 0.838. The summed E-state index contributed by atoms with van der Waals surface area (Å²) in [6.45, 7) is 8.14. The van der Waals surface area contributed by atoms with E-state index in [0.717, 1.165) is 0 Å². The van der Waals surface area contributed by atoms with Crippen molar-refractivity contribution in [3.8, 4) is 0 Å². The van der Waals surface area contributed by atoms with Crippen molar-refractivity contribution in [2.45, 2.75) is 33.7 Å². The number of halogens is 2. The molecular formula is C12H16Cl2N2O. The lowest BCUT2D eigenvalue weighted by molar-refractivity contribution is 0.0910. The minimum absolute atomic E-state index is 0.00369. The summed E-state index contributed by atoms with van der Waals surface area (Å²) in [5.74, 6) is -0.196. The van der Waals surface area contributed by atoms with Gasteiger partial charge in [0.15, 0.2) is 0 Å².